The summed E-state index contributed by atoms with van der Waals surface area (Å²) in [7, 11) is 0. The van der Waals surface area contributed by atoms with Crippen LogP contribution < -0.4 is 0 Å². The van der Waals surface area contributed by atoms with Gasteiger partial charge in [0.1, 0.15) is 5.82 Å². The Hall–Kier alpha value is -2.37. The van der Waals surface area contributed by atoms with E-state index in [-0.39, 0.29) is 17.8 Å². The Morgan fingerprint density at radius 2 is 1.76 bits per heavy atom. The lowest BCUT2D eigenvalue weighted by atomic mass is 10.2. The van der Waals surface area contributed by atoms with Gasteiger partial charge in [0.15, 0.2) is 0 Å². The number of benzene rings is 1. The van der Waals surface area contributed by atoms with Gasteiger partial charge in [0, 0.05) is 32.3 Å². The number of rotatable bonds is 4. The van der Waals surface area contributed by atoms with Crippen LogP contribution in [0.25, 0.3) is 6.08 Å². The van der Waals surface area contributed by atoms with Crippen molar-refractivity contribution in [2.45, 2.75) is 20.3 Å². The first-order valence-corrected chi connectivity index (χ1v) is 8.60. The fourth-order valence-electron chi connectivity index (χ4n) is 2.50. The molecule has 0 bridgehead atoms. The van der Waals surface area contributed by atoms with Crippen molar-refractivity contribution in [2.24, 2.45) is 5.92 Å². The van der Waals surface area contributed by atoms with Crippen molar-refractivity contribution >= 4 is 18.1 Å². The molecule has 5 nitrogen and oxygen atoms in total. The molecule has 0 spiro atoms. The van der Waals surface area contributed by atoms with Gasteiger partial charge < -0.3 is 14.5 Å². The number of carbonyl (C=O) groups is 2. The molecule has 1 aliphatic rings. The van der Waals surface area contributed by atoms with E-state index in [2.05, 4.69) is 0 Å². The minimum absolute atomic E-state index is 0.110. The van der Waals surface area contributed by atoms with Gasteiger partial charge >= 0.3 is 6.09 Å². The summed E-state index contributed by atoms with van der Waals surface area (Å²) in [5.74, 6) is -0.118. The fraction of sp³-hybridized carbons (Fsp3) is 0.474. The van der Waals surface area contributed by atoms with Gasteiger partial charge in [0.25, 0.3) is 0 Å². The largest absolute Gasteiger partial charge is 0.449 e. The molecule has 0 aliphatic carbocycles. The van der Waals surface area contributed by atoms with E-state index in [0.717, 1.165) is 5.56 Å². The maximum atomic E-state index is 12.9. The van der Waals surface area contributed by atoms with Gasteiger partial charge in [-0.1, -0.05) is 26.0 Å². The standard InChI is InChI=1S/C19H25FN2O3/c1-15(2)14-25-19(24)22-11-3-10-21(12-13-22)18(23)9-6-16-4-7-17(20)8-5-16/h4-9,15H,3,10-14H2,1-2H3. The second kappa shape index (κ2) is 9.20. The number of nitrogens with zero attached hydrogens (tertiary/aromatic N) is 2. The summed E-state index contributed by atoms with van der Waals surface area (Å²) in [4.78, 5) is 27.7. The summed E-state index contributed by atoms with van der Waals surface area (Å²) >= 11 is 0. The average Bonchev–Trinajstić information content (AvgIpc) is 2.85. The van der Waals surface area contributed by atoms with Crippen molar-refractivity contribution < 1.29 is 18.7 Å². The summed E-state index contributed by atoms with van der Waals surface area (Å²) in [6.45, 7) is 6.50. The fourth-order valence-corrected chi connectivity index (χ4v) is 2.50. The summed E-state index contributed by atoms with van der Waals surface area (Å²) in [6.07, 6.45) is 3.55. The van der Waals surface area contributed by atoms with E-state index in [1.165, 1.54) is 18.2 Å². The first-order valence-electron chi connectivity index (χ1n) is 8.60. The molecule has 136 valence electrons. The molecule has 0 atom stereocenters. The summed E-state index contributed by atoms with van der Waals surface area (Å²) < 4.78 is 18.1. The van der Waals surface area contributed by atoms with Gasteiger partial charge in [0.05, 0.1) is 6.61 Å². The number of hydrogen-bond acceptors (Lipinski definition) is 3. The first-order chi connectivity index (χ1) is 12.0. The third kappa shape index (κ3) is 6.21. The Balaban J connectivity index is 1.86. The van der Waals surface area contributed by atoms with Crippen molar-refractivity contribution in [3.63, 3.8) is 0 Å². The zero-order valence-corrected chi connectivity index (χ0v) is 14.8. The van der Waals surface area contributed by atoms with E-state index in [1.807, 2.05) is 13.8 Å². The van der Waals surface area contributed by atoms with Gasteiger partial charge in [-0.3, -0.25) is 4.79 Å². The molecule has 2 rings (SSSR count). The van der Waals surface area contributed by atoms with E-state index < -0.39 is 0 Å². The van der Waals surface area contributed by atoms with Crippen LogP contribution in [0, 0.1) is 11.7 Å². The Morgan fingerprint density at radius 3 is 2.44 bits per heavy atom. The average molecular weight is 348 g/mol. The second-order valence-electron chi connectivity index (χ2n) is 6.52. The molecule has 6 heteroatoms. The molecule has 1 heterocycles. The van der Waals surface area contributed by atoms with E-state index in [0.29, 0.717) is 45.1 Å². The molecule has 0 radical (unpaired) electrons. The molecule has 0 aromatic heterocycles. The molecule has 0 unspecified atom stereocenters. The molecule has 1 aliphatic heterocycles. The van der Waals surface area contributed by atoms with Crippen LogP contribution in [0.4, 0.5) is 9.18 Å². The molecule has 1 saturated heterocycles. The van der Waals surface area contributed by atoms with Crippen LogP contribution in [0.2, 0.25) is 0 Å². The van der Waals surface area contributed by atoms with Crippen LogP contribution in [-0.2, 0) is 9.53 Å². The Morgan fingerprint density at radius 1 is 1.12 bits per heavy atom. The van der Waals surface area contributed by atoms with E-state index >= 15 is 0 Å². The normalized spacial score (nSPS) is 15.5. The molecule has 0 saturated carbocycles. The summed E-state index contributed by atoms with van der Waals surface area (Å²) in [5, 5.41) is 0. The minimum Gasteiger partial charge on any atom is -0.449 e. The summed E-state index contributed by atoms with van der Waals surface area (Å²) in [6, 6.07) is 5.95. The van der Waals surface area contributed by atoms with Crippen LogP contribution in [0.1, 0.15) is 25.8 Å². The van der Waals surface area contributed by atoms with Crippen molar-refractivity contribution in [1.82, 2.24) is 9.80 Å². The molecule has 1 fully saturated rings. The van der Waals surface area contributed by atoms with Crippen LogP contribution >= 0.6 is 0 Å². The number of hydrogen-bond donors (Lipinski definition) is 0. The molecule has 25 heavy (non-hydrogen) atoms. The molecule has 1 aromatic rings. The smallest absolute Gasteiger partial charge is 0.409 e. The molecule has 0 N–H and O–H groups in total. The topological polar surface area (TPSA) is 49.9 Å². The maximum absolute atomic E-state index is 12.9. The zero-order chi connectivity index (χ0) is 18.2. The predicted octanol–water partition coefficient (Wildman–Crippen LogP) is 3.17. The lowest BCUT2D eigenvalue weighted by molar-refractivity contribution is -0.125. The van der Waals surface area contributed by atoms with Crippen molar-refractivity contribution in [2.75, 3.05) is 32.8 Å². The van der Waals surface area contributed by atoms with Gasteiger partial charge in [-0.15, -0.1) is 0 Å². The third-order valence-corrected chi connectivity index (χ3v) is 3.89. The molecule has 1 aromatic carbocycles. The van der Waals surface area contributed by atoms with Gasteiger partial charge in [0.2, 0.25) is 5.91 Å². The van der Waals surface area contributed by atoms with E-state index in [9.17, 15) is 14.0 Å². The van der Waals surface area contributed by atoms with E-state index in [4.69, 9.17) is 4.74 Å². The van der Waals surface area contributed by atoms with Crippen molar-refractivity contribution in [3.05, 3.63) is 41.7 Å². The Bertz CT molecular complexity index is 614. The number of carbonyl (C=O) groups excluding carboxylic acids is 2. The minimum atomic E-state index is -0.315. The highest BCUT2D eigenvalue weighted by molar-refractivity contribution is 5.91. The highest BCUT2D eigenvalue weighted by Crippen LogP contribution is 2.09. The third-order valence-electron chi connectivity index (χ3n) is 3.89. The Labute approximate surface area is 148 Å². The SMILES string of the molecule is CC(C)COC(=O)N1CCCN(C(=O)C=Cc2ccc(F)cc2)CC1. The monoisotopic (exact) mass is 348 g/mol. The number of ether oxygens (including phenoxy) is 1. The highest BCUT2D eigenvalue weighted by atomic mass is 19.1. The summed E-state index contributed by atoms with van der Waals surface area (Å²) in [5.41, 5.74) is 0.767. The number of amides is 2. The molecular weight excluding hydrogens is 323 g/mol. The molecule has 2 amide bonds. The lowest BCUT2D eigenvalue weighted by Crippen LogP contribution is -2.37. The maximum Gasteiger partial charge on any atom is 0.409 e. The van der Waals surface area contributed by atoms with Gasteiger partial charge in [-0.05, 0) is 36.1 Å². The van der Waals surface area contributed by atoms with Crippen LogP contribution in [-0.4, -0.2) is 54.6 Å². The lowest BCUT2D eigenvalue weighted by Gasteiger charge is -2.21. The highest BCUT2D eigenvalue weighted by Gasteiger charge is 2.22. The van der Waals surface area contributed by atoms with Crippen LogP contribution in [0.3, 0.4) is 0 Å². The Kier molecular flexibility index (Phi) is 6.98. The zero-order valence-electron chi connectivity index (χ0n) is 14.8. The quantitative estimate of drug-likeness (QED) is 0.786. The van der Waals surface area contributed by atoms with Gasteiger partial charge in [-0.2, -0.15) is 0 Å². The van der Waals surface area contributed by atoms with Gasteiger partial charge in [-0.25, -0.2) is 9.18 Å². The molecular formula is C19H25FN2O3. The first kappa shape index (κ1) is 19.0. The van der Waals surface area contributed by atoms with Crippen LogP contribution in [0.15, 0.2) is 30.3 Å². The number of halogens is 1. The van der Waals surface area contributed by atoms with Crippen molar-refractivity contribution in [1.29, 1.82) is 0 Å². The van der Waals surface area contributed by atoms with E-state index in [1.54, 1.807) is 28.0 Å². The van der Waals surface area contributed by atoms with Crippen molar-refractivity contribution in [3.8, 4) is 0 Å². The second-order valence-corrected chi connectivity index (χ2v) is 6.52. The van der Waals surface area contributed by atoms with Crippen LogP contribution in [0.5, 0.6) is 0 Å². The predicted molar refractivity (Wildman–Crippen MR) is 94.4 cm³/mol.